The van der Waals surface area contributed by atoms with Gasteiger partial charge in [0.1, 0.15) is 11.6 Å². The van der Waals surface area contributed by atoms with Gasteiger partial charge in [0.25, 0.3) is 0 Å². The van der Waals surface area contributed by atoms with E-state index < -0.39 is 0 Å². The summed E-state index contributed by atoms with van der Waals surface area (Å²) < 4.78 is 18.9. The van der Waals surface area contributed by atoms with Crippen LogP contribution in [-0.2, 0) is 0 Å². The Morgan fingerprint density at radius 1 is 1.04 bits per heavy atom. The lowest BCUT2D eigenvalue weighted by Gasteiger charge is -2.26. The zero-order chi connectivity index (χ0) is 17.5. The van der Waals surface area contributed by atoms with Crippen molar-refractivity contribution in [3.8, 4) is 5.75 Å². The van der Waals surface area contributed by atoms with Gasteiger partial charge >= 0.3 is 0 Å². The van der Waals surface area contributed by atoms with Crippen LogP contribution in [0.5, 0.6) is 5.75 Å². The molecular formula is C20H26FN3O. The van der Waals surface area contributed by atoms with Gasteiger partial charge in [0.05, 0.1) is 18.0 Å². The lowest BCUT2D eigenvalue weighted by atomic mass is 10.1. The molecule has 25 heavy (non-hydrogen) atoms. The molecule has 1 fully saturated rings. The lowest BCUT2D eigenvalue weighted by Crippen LogP contribution is -2.31. The third-order valence-corrected chi connectivity index (χ3v) is 4.48. The largest absolute Gasteiger partial charge is 0.494 e. The highest BCUT2D eigenvalue weighted by molar-refractivity contribution is 5.72. The number of hydrogen-bond acceptors (Lipinski definition) is 4. The normalized spacial score (nSPS) is 15.1. The molecular weight excluding hydrogens is 317 g/mol. The van der Waals surface area contributed by atoms with E-state index in [0.29, 0.717) is 11.4 Å². The summed E-state index contributed by atoms with van der Waals surface area (Å²) in [7, 11) is 0. The molecule has 0 radical (unpaired) electrons. The quantitative estimate of drug-likeness (QED) is 0.578. The van der Waals surface area contributed by atoms with Crippen LogP contribution in [0, 0.1) is 5.82 Å². The summed E-state index contributed by atoms with van der Waals surface area (Å²) in [6, 6.07) is 12.1. The summed E-state index contributed by atoms with van der Waals surface area (Å²) >= 11 is 0. The molecule has 0 aliphatic carbocycles. The molecule has 1 aliphatic rings. The van der Waals surface area contributed by atoms with Crippen LogP contribution >= 0.6 is 0 Å². The first-order valence-electron chi connectivity index (χ1n) is 8.98. The Balaban J connectivity index is 1.43. The summed E-state index contributed by atoms with van der Waals surface area (Å²) in [5.74, 6) is 0.521. The van der Waals surface area contributed by atoms with Crippen LogP contribution in [0.1, 0.15) is 25.7 Å². The van der Waals surface area contributed by atoms with Crippen molar-refractivity contribution in [1.29, 1.82) is 0 Å². The van der Waals surface area contributed by atoms with Gasteiger partial charge in [-0.2, -0.15) is 0 Å². The number of piperidine rings is 1. The number of nitrogen functional groups attached to an aromatic ring is 1. The molecule has 0 atom stereocenters. The van der Waals surface area contributed by atoms with E-state index in [0.717, 1.165) is 31.0 Å². The number of nitrogens with zero attached hydrogens (tertiary/aromatic N) is 1. The van der Waals surface area contributed by atoms with Gasteiger partial charge in [-0.15, -0.1) is 0 Å². The Morgan fingerprint density at radius 3 is 2.52 bits per heavy atom. The van der Waals surface area contributed by atoms with Crippen molar-refractivity contribution < 1.29 is 9.13 Å². The Morgan fingerprint density at radius 2 is 1.80 bits per heavy atom. The first-order chi connectivity index (χ1) is 12.2. The fourth-order valence-electron chi connectivity index (χ4n) is 3.10. The fourth-order valence-corrected chi connectivity index (χ4v) is 3.10. The number of benzene rings is 2. The number of nitrogens with one attached hydrogen (secondary N) is 1. The van der Waals surface area contributed by atoms with Crippen molar-refractivity contribution in [2.45, 2.75) is 25.7 Å². The smallest absolute Gasteiger partial charge is 0.125 e. The Bertz CT molecular complexity index is 669. The van der Waals surface area contributed by atoms with Gasteiger partial charge in [0.2, 0.25) is 0 Å². The molecule has 3 N–H and O–H groups in total. The number of ether oxygens (including phenoxy) is 1. The molecule has 0 spiro atoms. The Hall–Kier alpha value is -2.27. The number of nitrogens with two attached hydrogens (primary N) is 1. The van der Waals surface area contributed by atoms with Crippen LogP contribution in [0.4, 0.5) is 21.5 Å². The molecule has 1 heterocycles. The van der Waals surface area contributed by atoms with E-state index in [1.807, 2.05) is 24.3 Å². The van der Waals surface area contributed by atoms with Gasteiger partial charge in [0.15, 0.2) is 0 Å². The van der Waals surface area contributed by atoms with Gasteiger partial charge < -0.3 is 20.7 Å². The van der Waals surface area contributed by atoms with Crippen LogP contribution < -0.4 is 15.8 Å². The van der Waals surface area contributed by atoms with Gasteiger partial charge in [-0.1, -0.05) is 6.42 Å². The maximum absolute atomic E-state index is 13.1. The summed E-state index contributed by atoms with van der Waals surface area (Å²) in [5, 5.41) is 3.18. The molecule has 0 unspecified atom stereocenters. The average molecular weight is 343 g/mol. The minimum absolute atomic E-state index is 0.337. The number of hydrogen-bond donors (Lipinski definition) is 2. The van der Waals surface area contributed by atoms with E-state index in [1.165, 1.54) is 44.5 Å². The van der Waals surface area contributed by atoms with Crippen molar-refractivity contribution in [2.75, 3.05) is 37.3 Å². The molecule has 2 aromatic carbocycles. The summed E-state index contributed by atoms with van der Waals surface area (Å²) in [6.07, 6.45) is 5.07. The zero-order valence-corrected chi connectivity index (χ0v) is 14.5. The fraction of sp³-hybridized carbons (Fsp3) is 0.400. The average Bonchev–Trinajstić information content (AvgIpc) is 2.63. The molecule has 3 rings (SSSR count). The highest BCUT2D eigenvalue weighted by atomic mass is 19.1. The van der Waals surface area contributed by atoms with Crippen LogP contribution in [0.15, 0.2) is 42.5 Å². The molecule has 0 bridgehead atoms. The van der Waals surface area contributed by atoms with Gasteiger partial charge in [-0.3, -0.25) is 0 Å². The minimum atomic E-state index is -0.337. The van der Waals surface area contributed by atoms with E-state index in [2.05, 4.69) is 10.2 Å². The zero-order valence-electron chi connectivity index (χ0n) is 14.5. The van der Waals surface area contributed by atoms with Gasteiger partial charge in [0, 0.05) is 12.2 Å². The second-order valence-electron chi connectivity index (χ2n) is 6.49. The van der Waals surface area contributed by atoms with Crippen molar-refractivity contribution >= 4 is 17.1 Å². The van der Waals surface area contributed by atoms with Gasteiger partial charge in [-0.25, -0.2) is 4.39 Å². The highest BCUT2D eigenvalue weighted by Gasteiger charge is 2.09. The SMILES string of the molecule is Nc1cc(F)ccc1Nc1ccc(OCCCN2CCCCC2)cc1. The molecule has 0 aromatic heterocycles. The van der Waals surface area contributed by atoms with Crippen molar-refractivity contribution in [3.05, 3.63) is 48.3 Å². The standard InChI is InChI=1S/C20H26FN3O/c21-16-5-10-20(19(22)15-16)23-17-6-8-18(9-7-17)25-14-4-13-24-11-2-1-3-12-24/h5-10,15,23H,1-4,11-14,22H2. The van der Waals surface area contributed by atoms with Gasteiger partial charge in [-0.05, 0) is 74.8 Å². The van der Waals surface area contributed by atoms with Crippen molar-refractivity contribution in [2.24, 2.45) is 0 Å². The molecule has 0 amide bonds. The Labute approximate surface area is 148 Å². The third kappa shape index (κ3) is 5.36. The lowest BCUT2D eigenvalue weighted by molar-refractivity contribution is 0.205. The predicted molar refractivity (Wildman–Crippen MR) is 101 cm³/mol. The molecule has 1 saturated heterocycles. The second-order valence-corrected chi connectivity index (χ2v) is 6.49. The molecule has 5 heteroatoms. The second kappa shape index (κ2) is 8.72. The topological polar surface area (TPSA) is 50.5 Å². The number of halogens is 1. The summed E-state index contributed by atoms with van der Waals surface area (Å²) in [6.45, 7) is 4.30. The predicted octanol–water partition coefficient (Wildman–Crippen LogP) is 4.41. The van der Waals surface area contributed by atoms with E-state index in [4.69, 9.17) is 10.5 Å². The maximum atomic E-state index is 13.1. The third-order valence-electron chi connectivity index (χ3n) is 4.48. The first kappa shape index (κ1) is 17.5. The van der Waals surface area contributed by atoms with Crippen LogP contribution in [0.25, 0.3) is 0 Å². The molecule has 1 aliphatic heterocycles. The van der Waals surface area contributed by atoms with Crippen LogP contribution in [-0.4, -0.2) is 31.1 Å². The maximum Gasteiger partial charge on any atom is 0.125 e. The summed E-state index contributed by atoms with van der Waals surface area (Å²) in [5.41, 5.74) is 7.78. The summed E-state index contributed by atoms with van der Waals surface area (Å²) in [4.78, 5) is 2.52. The van der Waals surface area contributed by atoms with E-state index in [-0.39, 0.29) is 5.82 Å². The van der Waals surface area contributed by atoms with E-state index in [9.17, 15) is 4.39 Å². The van der Waals surface area contributed by atoms with E-state index in [1.54, 1.807) is 6.07 Å². The van der Waals surface area contributed by atoms with Crippen molar-refractivity contribution in [1.82, 2.24) is 4.90 Å². The monoisotopic (exact) mass is 343 g/mol. The number of anilines is 3. The molecule has 0 saturated carbocycles. The van der Waals surface area contributed by atoms with E-state index >= 15 is 0 Å². The number of rotatable bonds is 7. The van der Waals surface area contributed by atoms with Crippen LogP contribution in [0.2, 0.25) is 0 Å². The molecule has 134 valence electrons. The van der Waals surface area contributed by atoms with Crippen LogP contribution in [0.3, 0.4) is 0 Å². The Kier molecular flexibility index (Phi) is 6.12. The molecule has 2 aromatic rings. The van der Waals surface area contributed by atoms with Crippen molar-refractivity contribution in [3.63, 3.8) is 0 Å². The minimum Gasteiger partial charge on any atom is -0.494 e. The molecule has 4 nitrogen and oxygen atoms in total. The first-order valence-corrected chi connectivity index (χ1v) is 8.98. The number of likely N-dealkylation sites (tertiary alicyclic amines) is 1. The highest BCUT2D eigenvalue weighted by Crippen LogP contribution is 2.25.